The van der Waals surface area contributed by atoms with Crippen LogP contribution in [-0.2, 0) is 20.8 Å². The van der Waals surface area contributed by atoms with Crippen molar-refractivity contribution in [3.05, 3.63) is 35.9 Å². The van der Waals surface area contributed by atoms with Gasteiger partial charge in [0.05, 0.1) is 18.5 Å². The van der Waals surface area contributed by atoms with Crippen LogP contribution in [0.2, 0.25) is 0 Å². The lowest BCUT2D eigenvalue weighted by molar-refractivity contribution is -0.139. The van der Waals surface area contributed by atoms with Gasteiger partial charge in [-0.15, -0.1) is 0 Å². The Labute approximate surface area is 128 Å². The first-order chi connectivity index (χ1) is 10.5. The van der Waals surface area contributed by atoms with E-state index >= 15 is 0 Å². The molecule has 0 bridgehead atoms. The number of nitrogens with one attached hydrogen (secondary N) is 1. The summed E-state index contributed by atoms with van der Waals surface area (Å²) in [5.74, 6) is -1.58. The molecule has 118 valence electrons. The van der Waals surface area contributed by atoms with E-state index in [1.165, 1.54) is 0 Å². The van der Waals surface area contributed by atoms with Crippen LogP contribution in [0.5, 0.6) is 0 Å². The maximum atomic E-state index is 11.7. The van der Waals surface area contributed by atoms with Crippen molar-refractivity contribution in [1.29, 1.82) is 0 Å². The second kappa shape index (κ2) is 7.81. The van der Waals surface area contributed by atoms with E-state index in [2.05, 4.69) is 5.32 Å². The van der Waals surface area contributed by atoms with Crippen LogP contribution in [0.4, 0.5) is 4.79 Å². The summed E-state index contributed by atoms with van der Waals surface area (Å²) in [4.78, 5) is 22.3. The van der Waals surface area contributed by atoms with Gasteiger partial charge in [-0.25, -0.2) is 4.79 Å². The first-order valence-electron chi connectivity index (χ1n) is 7.07. The number of carbonyl (C=O) groups is 2. The highest BCUT2D eigenvalue weighted by molar-refractivity contribution is 6.45. The normalized spacial score (nSPS) is 21.2. The van der Waals surface area contributed by atoms with Crippen molar-refractivity contribution in [2.75, 3.05) is 0 Å². The average Bonchev–Trinajstić information content (AvgIpc) is 2.48. The van der Waals surface area contributed by atoms with Crippen molar-refractivity contribution >= 4 is 19.2 Å². The minimum atomic E-state index is -1.23. The summed E-state index contributed by atoms with van der Waals surface area (Å²) in [7, 11) is -1.23. The van der Waals surface area contributed by atoms with Crippen molar-refractivity contribution in [2.45, 2.75) is 37.9 Å². The van der Waals surface area contributed by atoms with Crippen molar-refractivity contribution in [3.63, 3.8) is 0 Å². The minimum absolute atomic E-state index is 0.137. The number of benzene rings is 1. The SMILES string of the molecule is O=C(O)CC1CCC(NC(=O)OCc2ccccc2)B(O)O1. The number of carbonyl (C=O) groups excluding carboxylic acids is 1. The van der Waals surface area contributed by atoms with E-state index in [-0.39, 0.29) is 13.0 Å². The number of carboxylic acid groups (broad SMARTS) is 1. The third kappa shape index (κ3) is 5.05. The van der Waals surface area contributed by atoms with Gasteiger partial charge >= 0.3 is 19.2 Å². The molecule has 2 atom stereocenters. The fourth-order valence-electron chi connectivity index (χ4n) is 2.27. The lowest BCUT2D eigenvalue weighted by atomic mass is 9.72. The van der Waals surface area contributed by atoms with Crippen LogP contribution in [0, 0.1) is 0 Å². The number of amides is 1. The molecule has 0 radical (unpaired) electrons. The van der Waals surface area contributed by atoms with E-state index in [1.807, 2.05) is 30.3 Å². The average molecular weight is 307 g/mol. The lowest BCUT2D eigenvalue weighted by Gasteiger charge is -2.30. The highest BCUT2D eigenvalue weighted by atomic mass is 16.6. The molecule has 1 aliphatic rings. The number of aliphatic carboxylic acids is 1. The van der Waals surface area contributed by atoms with Crippen LogP contribution in [0.25, 0.3) is 0 Å². The van der Waals surface area contributed by atoms with E-state index in [0.717, 1.165) is 5.56 Å². The molecule has 0 aromatic heterocycles. The van der Waals surface area contributed by atoms with Crippen LogP contribution in [0.1, 0.15) is 24.8 Å². The van der Waals surface area contributed by atoms with Gasteiger partial charge in [0.25, 0.3) is 0 Å². The second-order valence-corrected chi connectivity index (χ2v) is 5.14. The molecular weight excluding hydrogens is 289 g/mol. The number of hydrogen-bond donors (Lipinski definition) is 3. The van der Waals surface area contributed by atoms with Gasteiger partial charge in [-0.3, -0.25) is 4.79 Å². The van der Waals surface area contributed by atoms with Gasteiger partial charge in [-0.2, -0.15) is 0 Å². The zero-order valence-electron chi connectivity index (χ0n) is 12.0. The number of alkyl carbamates (subject to hydrolysis) is 1. The molecule has 0 aliphatic carbocycles. The number of carboxylic acids is 1. The smallest absolute Gasteiger partial charge is 0.478 e. The maximum absolute atomic E-state index is 11.7. The van der Waals surface area contributed by atoms with Crippen molar-refractivity contribution in [2.24, 2.45) is 0 Å². The molecule has 1 amide bonds. The van der Waals surface area contributed by atoms with Crippen molar-refractivity contribution < 1.29 is 29.1 Å². The molecule has 2 unspecified atom stereocenters. The molecule has 1 aromatic rings. The van der Waals surface area contributed by atoms with Gasteiger partial charge in [0.1, 0.15) is 6.61 Å². The Bertz CT molecular complexity index is 511. The standard InChI is InChI=1S/C14H18BNO6/c17-13(18)8-11-6-7-12(15(20)22-11)16-14(19)21-9-10-4-2-1-3-5-10/h1-5,11-12,20H,6-9H2,(H,16,19)(H,17,18). The van der Waals surface area contributed by atoms with Crippen LogP contribution < -0.4 is 5.32 Å². The summed E-state index contributed by atoms with van der Waals surface area (Å²) in [6, 6.07) is 9.23. The van der Waals surface area contributed by atoms with Crippen LogP contribution in [0.3, 0.4) is 0 Å². The predicted molar refractivity (Wildman–Crippen MR) is 77.9 cm³/mol. The molecule has 1 saturated heterocycles. The highest BCUT2D eigenvalue weighted by Crippen LogP contribution is 2.18. The molecule has 2 rings (SSSR count). The van der Waals surface area contributed by atoms with Gasteiger partial charge < -0.3 is 24.8 Å². The van der Waals surface area contributed by atoms with Gasteiger partial charge in [0.2, 0.25) is 0 Å². The molecule has 7 nitrogen and oxygen atoms in total. The molecule has 3 N–H and O–H groups in total. The summed E-state index contributed by atoms with van der Waals surface area (Å²) < 4.78 is 10.2. The third-order valence-corrected chi connectivity index (χ3v) is 3.39. The van der Waals surface area contributed by atoms with Crippen LogP contribution in [-0.4, -0.2) is 41.4 Å². The molecule has 0 spiro atoms. The maximum Gasteiger partial charge on any atom is 0.478 e. The fraction of sp³-hybridized carbons (Fsp3) is 0.429. The third-order valence-electron chi connectivity index (χ3n) is 3.39. The second-order valence-electron chi connectivity index (χ2n) is 5.14. The van der Waals surface area contributed by atoms with E-state index in [9.17, 15) is 14.6 Å². The number of hydrogen-bond acceptors (Lipinski definition) is 5. The molecule has 1 aliphatic heterocycles. The summed E-state index contributed by atoms with van der Waals surface area (Å²) in [5, 5.41) is 21.0. The summed E-state index contributed by atoms with van der Waals surface area (Å²) in [6.07, 6.45) is -0.464. The quantitative estimate of drug-likeness (QED) is 0.700. The van der Waals surface area contributed by atoms with Crippen molar-refractivity contribution in [1.82, 2.24) is 5.32 Å². The zero-order chi connectivity index (χ0) is 15.9. The van der Waals surface area contributed by atoms with E-state index < -0.39 is 31.2 Å². The first-order valence-corrected chi connectivity index (χ1v) is 7.07. The molecule has 8 heteroatoms. The van der Waals surface area contributed by atoms with E-state index in [4.69, 9.17) is 14.5 Å². The Morgan fingerprint density at radius 2 is 2.05 bits per heavy atom. The topological polar surface area (TPSA) is 105 Å². The summed E-state index contributed by atoms with van der Waals surface area (Å²) in [6.45, 7) is 0.137. The van der Waals surface area contributed by atoms with Crippen LogP contribution in [0.15, 0.2) is 30.3 Å². The van der Waals surface area contributed by atoms with Crippen LogP contribution >= 0.6 is 0 Å². The van der Waals surface area contributed by atoms with Gasteiger partial charge in [-0.1, -0.05) is 30.3 Å². The van der Waals surface area contributed by atoms with Gasteiger partial charge in [-0.05, 0) is 18.4 Å². The zero-order valence-corrected chi connectivity index (χ0v) is 12.0. The Kier molecular flexibility index (Phi) is 5.79. The minimum Gasteiger partial charge on any atom is -0.481 e. The Balaban J connectivity index is 1.74. The van der Waals surface area contributed by atoms with E-state index in [0.29, 0.717) is 12.8 Å². The highest BCUT2D eigenvalue weighted by Gasteiger charge is 2.37. The summed E-state index contributed by atoms with van der Waals surface area (Å²) in [5.41, 5.74) is 0.861. The monoisotopic (exact) mass is 307 g/mol. The Hall–Kier alpha value is -2.06. The molecule has 22 heavy (non-hydrogen) atoms. The van der Waals surface area contributed by atoms with Crippen molar-refractivity contribution in [3.8, 4) is 0 Å². The Morgan fingerprint density at radius 1 is 1.32 bits per heavy atom. The summed E-state index contributed by atoms with van der Waals surface area (Å²) >= 11 is 0. The Morgan fingerprint density at radius 3 is 2.68 bits per heavy atom. The number of ether oxygens (including phenoxy) is 1. The molecule has 1 heterocycles. The molecule has 0 saturated carbocycles. The number of rotatable bonds is 5. The van der Waals surface area contributed by atoms with E-state index in [1.54, 1.807) is 0 Å². The predicted octanol–water partition coefficient (Wildman–Crippen LogP) is 0.955. The van der Waals surface area contributed by atoms with Gasteiger partial charge in [0.15, 0.2) is 0 Å². The molecular formula is C14H18BNO6. The largest absolute Gasteiger partial charge is 0.481 e. The first kappa shape index (κ1) is 16.3. The lowest BCUT2D eigenvalue weighted by Crippen LogP contribution is -2.53. The van der Waals surface area contributed by atoms with Gasteiger partial charge in [0, 0.05) is 0 Å². The molecule has 1 fully saturated rings. The molecule has 1 aromatic carbocycles. The fourth-order valence-corrected chi connectivity index (χ4v) is 2.27.